The molecule has 3 aromatic carbocycles. The second-order valence-electron chi connectivity index (χ2n) is 9.78. The molecule has 260 valence electrons. The van der Waals surface area contributed by atoms with Crippen molar-refractivity contribution in [3.63, 3.8) is 0 Å². The number of nitrogens with one attached hydrogen (secondary N) is 1. The number of esters is 2. The number of alkyl halides is 3. The van der Waals surface area contributed by atoms with Crippen LogP contribution >= 0.6 is 0 Å². The molecule has 0 heterocycles. The number of carbonyl (C=O) groups excluding carboxylic acids is 3. The van der Waals surface area contributed by atoms with E-state index in [1.165, 1.54) is 18.2 Å². The van der Waals surface area contributed by atoms with Gasteiger partial charge in [-0.25, -0.2) is 9.59 Å². The Bertz CT molecular complexity index is 1410. The molecule has 0 aliphatic carbocycles. The second-order valence-corrected chi connectivity index (χ2v) is 9.78. The maximum atomic E-state index is 13.0. The van der Waals surface area contributed by atoms with Crippen molar-refractivity contribution in [3.05, 3.63) is 95.6 Å². The number of anilines is 2. The molecule has 3 aromatic rings. The number of ether oxygens (including phenoxy) is 7. The lowest BCUT2D eigenvalue weighted by Crippen LogP contribution is -2.20. The Hall–Kier alpha value is -4.34. The Morgan fingerprint density at radius 1 is 0.562 bits per heavy atom. The molecule has 0 amide bonds. The van der Waals surface area contributed by atoms with Gasteiger partial charge in [0, 0.05) is 11.3 Å². The van der Waals surface area contributed by atoms with E-state index < -0.39 is 29.5 Å². The molecule has 0 unspecified atom stereocenters. The number of carbonyl (C=O) groups is 3. The monoisotopic (exact) mass is 677 g/mol. The summed E-state index contributed by atoms with van der Waals surface area (Å²) in [6, 6.07) is 19.2. The topological polar surface area (TPSA) is 128 Å². The highest BCUT2D eigenvalue weighted by atomic mass is 19.4. The molecule has 0 atom stereocenters. The highest BCUT2D eigenvalue weighted by molar-refractivity contribution is 6.40. The average Bonchev–Trinajstić information content (AvgIpc) is 3.09. The van der Waals surface area contributed by atoms with Crippen LogP contribution in [0.1, 0.15) is 26.3 Å². The van der Waals surface area contributed by atoms with Gasteiger partial charge in [0.2, 0.25) is 0 Å². The van der Waals surface area contributed by atoms with Gasteiger partial charge in [0.15, 0.2) is 0 Å². The van der Waals surface area contributed by atoms with E-state index in [0.717, 1.165) is 12.1 Å². The van der Waals surface area contributed by atoms with Crippen LogP contribution in [0.15, 0.2) is 78.9 Å². The summed E-state index contributed by atoms with van der Waals surface area (Å²) in [6.07, 6.45) is -4.48. The summed E-state index contributed by atoms with van der Waals surface area (Å²) in [7, 11) is 0. The zero-order chi connectivity index (χ0) is 34.5. The third kappa shape index (κ3) is 14.6. The van der Waals surface area contributed by atoms with Crippen LogP contribution in [0.3, 0.4) is 0 Å². The molecule has 48 heavy (non-hydrogen) atoms. The van der Waals surface area contributed by atoms with Crippen molar-refractivity contribution in [2.75, 3.05) is 84.6 Å². The minimum absolute atomic E-state index is 0.0197. The van der Waals surface area contributed by atoms with Crippen molar-refractivity contribution in [1.29, 1.82) is 0 Å². The van der Waals surface area contributed by atoms with Crippen molar-refractivity contribution < 1.29 is 60.7 Å². The number of ketones is 1. The van der Waals surface area contributed by atoms with Gasteiger partial charge in [0.25, 0.3) is 5.78 Å². The molecule has 0 saturated carbocycles. The largest absolute Gasteiger partial charge is 0.460 e. The third-order valence-corrected chi connectivity index (χ3v) is 6.25. The van der Waals surface area contributed by atoms with E-state index >= 15 is 0 Å². The Balaban J connectivity index is 1.11. The molecule has 14 heteroatoms. The van der Waals surface area contributed by atoms with Crippen LogP contribution in [0, 0.1) is 0 Å². The van der Waals surface area contributed by atoms with Gasteiger partial charge in [-0.05, 0) is 30.3 Å². The predicted octanol–water partition coefficient (Wildman–Crippen LogP) is 5.11. The van der Waals surface area contributed by atoms with Crippen molar-refractivity contribution in [2.24, 2.45) is 0 Å². The van der Waals surface area contributed by atoms with Gasteiger partial charge in [0.05, 0.1) is 82.9 Å². The first-order chi connectivity index (χ1) is 23.3. The molecule has 0 saturated heterocycles. The molecule has 0 bridgehead atoms. The fourth-order valence-corrected chi connectivity index (χ4v) is 3.92. The Kier molecular flexibility index (Phi) is 17.1. The summed E-state index contributed by atoms with van der Waals surface area (Å²) in [5.74, 6) is -2.27. The summed E-state index contributed by atoms with van der Waals surface area (Å²) in [5.41, 5.74) is 0.134. The van der Waals surface area contributed by atoms with Crippen LogP contribution in [0.25, 0.3) is 0 Å². The summed E-state index contributed by atoms with van der Waals surface area (Å²) in [6.45, 7) is 2.85. The minimum atomic E-state index is -4.48. The first-order valence-corrected chi connectivity index (χ1v) is 15.1. The molecular formula is C34H38F3NO10. The molecule has 3 rings (SSSR count). The van der Waals surface area contributed by atoms with E-state index in [4.69, 9.17) is 33.2 Å². The van der Waals surface area contributed by atoms with Gasteiger partial charge >= 0.3 is 18.1 Å². The molecule has 1 N–H and O–H groups in total. The minimum Gasteiger partial charge on any atom is -0.460 e. The predicted molar refractivity (Wildman–Crippen MR) is 167 cm³/mol. The van der Waals surface area contributed by atoms with Crippen LogP contribution in [0.4, 0.5) is 24.5 Å². The third-order valence-electron chi connectivity index (χ3n) is 6.25. The fourth-order valence-electron chi connectivity index (χ4n) is 3.92. The molecule has 11 nitrogen and oxygen atoms in total. The molecule has 0 aliphatic heterocycles. The standard InChI is InChI=1S/C34H38F3NO10/c35-34(36,37)27-9-6-10-28(25-27)38-30-12-5-4-11-29(30)32(40)47-23-21-45-19-17-43-15-13-42-14-16-44-18-20-46-22-24-48-33(41)31(39)26-7-2-1-3-8-26/h1-12,25,38H,13-24H2. The van der Waals surface area contributed by atoms with Crippen LogP contribution in [-0.2, 0) is 44.1 Å². The van der Waals surface area contributed by atoms with Crippen molar-refractivity contribution >= 4 is 29.1 Å². The smallest absolute Gasteiger partial charge is 0.416 e. The first-order valence-electron chi connectivity index (χ1n) is 15.1. The zero-order valence-corrected chi connectivity index (χ0v) is 26.2. The van der Waals surface area contributed by atoms with Crippen molar-refractivity contribution in [1.82, 2.24) is 0 Å². The SMILES string of the molecule is O=C(OCCOCCOCCOCCOCCOCCOC(=O)c1ccccc1Nc1cccc(C(F)(F)F)c1)C(=O)c1ccccc1. The highest BCUT2D eigenvalue weighted by Gasteiger charge is 2.30. The second kappa shape index (κ2) is 21.5. The van der Waals surface area contributed by atoms with E-state index in [2.05, 4.69) is 5.32 Å². The average molecular weight is 678 g/mol. The Morgan fingerprint density at radius 3 is 1.62 bits per heavy atom. The summed E-state index contributed by atoms with van der Waals surface area (Å²) >= 11 is 0. The van der Waals surface area contributed by atoms with Crippen LogP contribution < -0.4 is 5.32 Å². The van der Waals surface area contributed by atoms with Crippen LogP contribution in [0.2, 0.25) is 0 Å². The lowest BCUT2D eigenvalue weighted by molar-refractivity contribution is -0.140. The number of para-hydroxylation sites is 1. The number of benzene rings is 3. The number of rotatable bonds is 23. The number of Topliss-reactive ketones (excluding diaryl/α,β-unsaturated/α-hetero) is 1. The highest BCUT2D eigenvalue weighted by Crippen LogP contribution is 2.32. The Morgan fingerprint density at radius 2 is 1.06 bits per heavy atom. The number of hydrogen-bond acceptors (Lipinski definition) is 11. The summed E-state index contributed by atoms with van der Waals surface area (Å²) in [4.78, 5) is 36.2. The molecule has 0 spiro atoms. The molecule has 0 aromatic heterocycles. The molecule has 0 radical (unpaired) electrons. The van der Waals surface area contributed by atoms with Gasteiger partial charge in [-0.1, -0.05) is 48.5 Å². The normalized spacial score (nSPS) is 11.2. The summed E-state index contributed by atoms with van der Waals surface area (Å²) < 4.78 is 76.1. The van der Waals surface area contributed by atoms with E-state index in [1.807, 2.05) is 0 Å². The first kappa shape index (κ1) is 38.1. The lowest BCUT2D eigenvalue weighted by atomic mass is 10.1. The van der Waals surface area contributed by atoms with Gasteiger partial charge in [-0.2, -0.15) is 13.2 Å². The molecule has 0 fully saturated rings. The van der Waals surface area contributed by atoms with E-state index in [1.54, 1.807) is 48.5 Å². The van der Waals surface area contributed by atoms with Crippen LogP contribution in [0.5, 0.6) is 0 Å². The zero-order valence-electron chi connectivity index (χ0n) is 26.2. The van der Waals surface area contributed by atoms with Gasteiger partial charge in [-0.3, -0.25) is 4.79 Å². The van der Waals surface area contributed by atoms with Gasteiger partial charge < -0.3 is 38.5 Å². The van der Waals surface area contributed by atoms with Gasteiger partial charge in [0.1, 0.15) is 13.2 Å². The number of halogens is 3. The fraction of sp³-hybridized carbons (Fsp3) is 0.382. The quantitative estimate of drug-likeness (QED) is 0.0622. The van der Waals surface area contributed by atoms with E-state index in [9.17, 15) is 27.6 Å². The summed E-state index contributed by atoms with van der Waals surface area (Å²) in [5, 5.41) is 2.84. The van der Waals surface area contributed by atoms with E-state index in [0.29, 0.717) is 51.9 Å². The Labute approximate surface area is 276 Å². The lowest BCUT2D eigenvalue weighted by Gasteiger charge is -2.13. The molecular weight excluding hydrogens is 639 g/mol. The maximum absolute atomic E-state index is 13.0. The molecule has 0 aliphatic rings. The van der Waals surface area contributed by atoms with E-state index in [-0.39, 0.29) is 49.8 Å². The van der Waals surface area contributed by atoms with Crippen molar-refractivity contribution in [3.8, 4) is 0 Å². The van der Waals surface area contributed by atoms with Crippen LogP contribution in [-0.4, -0.2) is 97.0 Å². The van der Waals surface area contributed by atoms with Crippen molar-refractivity contribution in [2.45, 2.75) is 6.18 Å². The van der Waals surface area contributed by atoms with Gasteiger partial charge in [-0.15, -0.1) is 0 Å². The maximum Gasteiger partial charge on any atom is 0.416 e. The number of hydrogen-bond donors (Lipinski definition) is 1.